The van der Waals surface area contributed by atoms with E-state index in [0.717, 1.165) is 25.7 Å². The Morgan fingerprint density at radius 3 is 1.22 bits per heavy atom. The summed E-state index contributed by atoms with van der Waals surface area (Å²) >= 11 is 0. The topological polar surface area (TPSA) is 40.9 Å². The van der Waals surface area contributed by atoms with Gasteiger partial charge in [0.2, 0.25) is 0 Å². The fraction of sp³-hybridized carbons (Fsp3) is 0.450. The summed E-state index contributed by atoms with van der Waals surface area (Å²) in [6.45, 7) is 8.19. The molecule has 0 radical (unpaired) electrons. The second-order valence-corrected chi connectivity index (χ2v) is 5.17. The van der Waals surface area contributed by atoms with Crippen molar-refractivity contribution < 1.29 is 41.7 Å². The molecule has 0 aromatic heterocycles. The Hall–Kier alpha value is -0.596. The first-order chi connectivity index (χ1) is 10.6. The molecule has 0 atom stereocenters. The zero-order chi connectivity index (χ0) is 16.8. The van der Waals surface area contributed by atoms with Crippen LogP contribution in [0.3, 0.4) is 0 Å². The summed E-state index contributed by atoms with van der Waals surface area (Å²) < 4.78 is 0. The summed E-state index contributed by atoms with van der Waals surface area (Å²) in [6.07, 6.45) is 3.93. The maximum Gasteiger partial charge on any atom is 3.00 e. The number of hydrogen-bond acceptors (Lipinski definition) is 1. The van der Waals surface area contributed by atoms with Gasteiger partial charge in [0.15, 0.2) is 0 Å². The van der Waals surface area contributed by atoms with E-state index in [1.807, 2.05) is 13.8 Å². The molecule has 0 aliphatic rings. The van der Waals surface area contributed by atoms with Crippen LogP contribution in [0.1, 0.15) is 51.7 Å². The SMILES string of the molecule is CCC(CC)C([NH-])=O.CC[c-]1cccc1.CC[c-]1cccc1.[Lu+3]. The number of hydrogen-bond donors (Lipinski definition) is 0. The average Bonchev–Trinajstić information content (AvgIpc) is 3.22. The Bertz CT molecular complexity index is 422. The fourth-order valence-electron chi connectivity index (χ4n) is 1.96. The van der Waals surface area contributed by atoms with Gasteiger partial charge in [-0.25, -0.2) is 24.3 Å². The van der Waals surface area contributed by atoms with Crippen LogP contribution in [0.15, 0.2) is 48.5 Å². The molecule has 1 amide bonds. The standard InChI is InChI=1S/2C7H9.C6H13NO.Lu/c2*1-2-7-5-3-4-6-7;1-3-5(4-2)6(7)8;/h2*3-6H,2H2,1H3;5H,3-4H2,1-2H3,(H2,7,8);/q2*-1;;+3/p-1. The van der Waals surface area contributed by atoms with E-state index < -0.39 is 5.91 Å². The van der Waals surface area contributed by atoms with Gasteiger partial charge in [0.25, 0.3) is 0 Å². The maximum atomic E-state index is 10.3. The molecule has 136 valence electrons. The molecule has 2 rings (SSSR count). The first-order valence-electron chi connectivity index (χ1n) is 8.25. The van der Waals surface area contributed by atoms with E-state index in [0.29, 0.717) is 0 Å². The van der Waals surface area contributed by atoms with E-state index in [9.17, 15) is 4.79 Å². The van der Waals surface area contributed by atoms with Gasteiger partial charge in [0, 0.05) is 0 Å². The van der Waals surface area contributed by atoms with Crippen molar-refractivity contribution in [2.75, 3.05) is 0 Å². The molecule has 0 fully saturated rings. The summed E-state index contributed by atoms with van der Waals surface area (Å²) in [5.41, 5.74) is 9.56. The quantitative estimate of drug-likeness (QED) is 0.494. The van der Waals surface area contributed by atoms with Crippen LogP contribution >= 0.6 is 0 Å². The van der Waals surface area contributed by atoms with Crippen molar-refractivity contribution in [1.82, 2.24) is 0 Å². The molecule has 2 aromatic rings. The molecule has 0 heterocycles. The number of carbonyl (C=O) groups excluding carboxylic acids is 1. The summed E-state index contributed by atoms with van der Waals surface area (Å²) in [5.74, 6) is -0.440. The van der Waals surface area contributed by atoms with Crippen molar-refractivity contribution >= 4 is 5.91 Å². The van der Waals surface area contributed by atoms with Gasteiger partial charge in [-0.1, -0.05) is 40.5 Å². The van der Waals surface area contributed by atoms with Crippen molar-refractivity contribution in [1.29, 1.82) is 0 Å². The van der Waals surface area contributed by atoms with Crippen molar-refractivity contribution in [3.05, 3.63) is 65.4 Å². The van der Waals surface area contributed by atoms with Gasteiger partial charge in [0.05, 0.1) is 5.91 Å². The van der Waals surface area contributed by atoms with Crippen LogP contribution in [0.5, 0.6) is 0 Å². The van der Waals surface area contributed by atoms with E-state index >= 15 is 0 Å². The van der Waals surface area contributed by atoms with Crippen LogP contribution in [-0.2, 0) is 17.6 Å². The molecule has 0 saturated heterocycles. The van der Waals surface area contributed by atoms with E-state index in [2.05, 4.69) is 62.4 Å². The van der Waals surface area contributed by atoms with Crippen LogP contribution in [0.2, 0.25) is 0 Å². The number of rotatable bonds is 5. The molecule has 0 spiro atoms. The summed E-state index contributed by atoms with van der Waals surface area (Å²) in [6, 6.07) is 16.8. The van der Waals surface area contributed by atoms with Crippen LogP contribution in [-0.4, -0.2) is 5.91 Å². The molecular formula is C20H30LuNO. The number of amides is 1. The largest absolute Gasteiger partial charge is 3.00 e. The Morgan fingerprint density at radius 1 is 0.826 bits per heavy atom. The maximum absolute atomic E-state index is 10.3. The zero-order valence-electron chi connectivity index (χ0n) is 14.7. The summed E-state index contributed by atoms with van der Waals surface area (Å²) in [7, 11) is 0. The minimum atomic E-state index is -0.421. The first-order valence-corrected chi connectivity index (χ1v) is 8.25. The van der Waals surface area contributed by atoms with Gasteiger partial charge in [-0.3, -0.25) is 0 Å². The van der Waals surface area contributed by atoms with E-state index in [-0.39, 0.29) is 42.8 Å². The molecule has 0 unspecified atom stereocenters. The van der Waals surface area contributed by atoms with Gasteiger partial charge in [0.1, 0.15) is 0 Å². The van der Waals surface area contributed by atoms with Crippen molar-refractivity contribution in [2.45, 2.75) is 53.4 Å². The van der Waals surface area contributed by atoms with Crippen LogP contribution in [0, 0.1) is 42.8 Å². The molecule has 0 saturated carbocycles. The second-order valence-electron chi connectivity index (χ2n) is 5.17. The van der Waals surface area contributed by atoms with E-state index in [1.165, 1.54) is 11.1 Å². The van der Waals surface area contributed by atoms with Gasteiger partial charge >= 0.3 is 36.9 Å². The molecular weight excluding hydrogens is 445 g/mol. The molecule has 1 N–H and O–H groups in total. The molecule has 2 aromatic carbocycles. The molecule has 2 nitrogen and oxygen atoms in total. The average molecular weight is 475 g/mol. The zero-order valence-corrected chi connectivity index (χ0v) is 16.3. The molecule has 3 heteroatoms. The Morgan fingerprint density at radius 2 is 1.13 bits per heavy atom. The minimum Gasteiger partial charge on any atom is -0.668 e. The normalized spacial score (nSPS) is 9.09. The minimum absolute atomic E-state index is 0. The number of nitrogens with one attached hydrogen (secondary N) is 1. The fourth-order valence-corrected chi connectivity index (χ4v) is 1.96. The van der Waals surface area contributed by atoms with Crippen molar-refractivity contribution in [2.24, 2.45) is 5.92 Å². The molecule has 0 aliphatic heterocycles. The molecule has 0 aliphatic carbocycles. The van der Waals surface area contributed by atoms with Crippen molar-refractivity contribution in [3.63, 3.8) is 0 Å². The second kappa shape index (κ2) is 16.3. The van der Waals surface area contributed by atoms with Crippen molar-refractivity contribution in [3.8, 4) is 0 Å². The van der Waals surface area contributed by atoms with E-state index in [1.54, 1.807) is 0 Å². The number of carbonyl (C=O) groups is 1. The third-order valence-corrected chi connectivity index (χ3v) is 3.64. The first kappa shape index (κ1) is 24.7. The van der Waals surface area contributed by atoms with Crippen LogP contribution < -0.4 is 0 Å². The Kier molecular flexibility index (Phi) is 17.4. The monoisotopic (exact) mass is 475 g/mol. The van der Waals surface area contributed by atoms with Gasteiger partial charge in [-0.2, -0.15) is 35.4 Å². The summed E-state index contributed by atoms with van der Waals surface area (Å²) in [5, 5.41) is 0. The predicted molar refractivity (Wildman–Crippen MR) is 96.2 cm³/mol. The van der Waals surface area contributed by atoms with Crippen LogP contribution in [0.4, 0.5) is 0 Å². The van der Waals surface area contributed by atoms with Gasteiger partial charge < -0.3 is 10.5 Å². The number of aryl methyl sites for hydroxylation is 2. The summed E-state index contributed by atoms with van der Waals surface area (Å²) in [4.78, 5) is 10.3. The van der Waals surface area contributed by atoms with Gasteiger partial charge in [-0.05, 0) is 18.8 Å². The third kappa shape index (κ3) is 12.5. The molecule has 0 bridgehead atoms. The Balaban J connectivity index is 0. The predicted octanol–water partition coefficient (Wildman–Crippen LogP) is 5.94. The molecule has 23 heavy (non-hydrogen) atoms. The third-order valence-electron chi connectivity index (χ3n) is 3.64. The van der Waals surface area contributed by atoms with Crippen LogP contribution in [0.25, 0.3) is 5.73 Å². The van der Waals surface area contributed by atoms with Gasteiger partial charge in [-0.15, -0.1) is 0 Å². The smallest absolute Gasteiger partial charge is 0.668 e. The van der Waals surface area contributed by atoms with E-state index in [4.69, 9.17) is 5.73 Å². The Labute approximate surface area is 171 Å².